The lowest BCUT2D eigenvalue weighted by Gasteiger charge is -2.14. The number of primary amides is 1. The quantitative estimate of drug-likeness (QED) is 0.384. The Morgan fingerprint density at radius 2 is 1.54 bits per heavy atom. The maximum atomic E-state index is 13.0. The molecule has 2 aromatic heterocycles. The molecule has 0 aliphatic carbocycles. The van der Waals surface area contributed by atoms with Crippen LogP contribution >= 0.6 is 0 Å². The summed E-state index contributed by atoms with van der Waals surface area (Å²) in [4.78, 5) is 36.8. The second-order valence-corrected chi connectivity index (χ2v) is 7.18. The molecule has 0 saturated carbocycles. The smallest absolute Gasteiger partial charge is 0.332 e. The summed E-state index contributed by atoms with van der Waals surface area (Å²) in [6.45, 7) is 0. The van der Waals surface area contributed by atoms with E-state index in [0.717, 1.165) is 0 Å². The second kappa shape index (κ2) is 9.25. The topological polar surface area (TPSA) is 153 Å². The molecular formula is C23H23N5O7. The van der Waals surface area contributed by atoms with Gasteiger partial charge in [-0.05, 0) is 24.3 Å². The highest BCUT2D eigenvalue weighted by atomic mass is 16.5. The van der Waals surface area contributed by atoms with E-state index in [2.05, 4.69) is 15.0 Å². The van der Waals surface area contributed by atoms with Crippen molar-refractivity contribution in [1.82, 2.24) is 19.5 Å². The molecule has 0 spiro atoms. The summed E-state index contributed by atoms with van der Waals surface area (Å²) < 4.78 is 28.2. The highest BCUT2D eigenvalue weighted by Gasteiger charge is 2.23. The van der Waals surface area contributed by atoms with E-state index < -0.39 is 11.6 Å². The zero-order valence-electron chi connectivity index (χ0n) is 19.7. The minimum absolute atomic E-state index is 0.0802. The molecule has 0 aliphatic heterocycles. The molecule has 0 atom stereocenters. The van der Waals surface area contributed by atoms with E-state index in [1.165, 1.54) is 40.1 Å². The van der Waals surface area contributed by atoms with Crippen LogP contribution in [-0.4, -0.2) is 61.0 Å². The maximum absolute atomic E-state index is 13.0. The minimum atomic E-state index is -0.846. The van der Waals surface area contributed by atoms with Crippen LogP contribution in [0.4, 0.5) is 0 Å². The Labute approximate surface area is 199 Å². The number of nitrogens with two attached hydrogens (primary N) is 1. The Bertz CT molecular complexity index is 1470. The van der Waals surface area contributed by atoms with Gasteiger partial charge in [-0.2, -0.15) is 0 Å². The average molecular weight is 481 g/mol. The lowest BCUT2D eigenvalue weighted by molar-refractivity contribution is 0.0997. The van der Waals surface area contributed by atoms with Gasteiger partial charge in [0.2, 0.25) is 5.75 Å². The monoisotopic (exact) mass is 481 g/mol. The normalized spacial score (nSPS) is 10.8. The lowest BCUT2D eigenvalue weighted by Crippen LogP contribution is -2.16. The van der Waals surface area contributed by atoms with Gasteiger partial charge >= 0.3 is 5.69 Å². The van der Waals surface area contributed by atoms with Gasteiger partial charge in [0.1, 0.15) is 17.0 Å². The first-order valence-electron chi connectivity index (χ1n) is 10.2. The Morgan fingerprint density at radius 3 is 2.09 bits per heavy atom. The minimum Gasteiger partial charge on any atom is -0.497 e. The van der Waals surface area contributed by atoms with Gasteiger partial charge in [-0.15, -0.1) is 0 Å². The molecule has 0 bridgehead atoms. The number of hydrogen-bond acceptors (Lipinski definition) is 9. The van der Waals surface area contributed by atoms with Gasteiger partial charge in [-0.25, -0.2) is 19.3 Å². The van der Waals surface area contributed by atoms with Crippen molar-refractivity contribution in [2.45, 2.75) is 0 Å². The third-order valence-electron chi connectivity index (χ3n) is 5.32. The van der Waals surface area contributed by atoms with Crippen LogP contribution in [-0.2, 0) is 0 Å². The van der Waals surface area contributed by atoms with Crippen LogP contribution in [0.2, 0.25) is 0 Å². The van der Waals surface area contributed by atoms with Crippen LogP contribution in [0.1, 0.15) is 10.5 Å². The molecule has 1 amide bonds. The van der Waals surface area contributed by atoms with Crippen molar-refractivity contribution >= 4 is 17.1 Å². The van der Waals surface area contributed by atoms with Crippen LogP contribution in [0.5, 0.6) is 28.7 Å². The fraction of sp³-hybridized carbons (Fsp3) is 0.217. The number of fused-ring (bicyclic) bond motifs is 1. The van der Waals surface area contributed by atoms with Crippen molar-refractivity contribution in [2.75, 3.05) is 35.5 Å². The number of amides is 1. The number of rotatable bonds is 8. The number of H-pyrrole nitrogens is 1. The Balaban J connectivity index is 2.05. The van der Waals surface area contributed by atoms with Gasteiger partial charge in [0.05, 0.1) is 41.2 Å². The first-order valence-corrected chi connectivity index (χ1v) is 10.2. The van der Waals surface area contributed by atoms with Crippen LogP contribution in [0.15, 0.2) is 35.1 Å². The van der Waals surface area contributed by atoms with Gasteiger partial charge in [0.15, 0.2) is 28.7 Å². The molecule has 12 heteroatoms. The molecule has 35 heavy (non-hydrogen) atoms. The van der Waals surface area contributed by atoms with Gasteiger partial charge in [-0.1, -0.05) is 0 Å². The number of methoxy groups -OCH3 is 5. The summed E-state index contributed by atoms with van der Waals surface area (Å²) in [5.41, 5.74) is 5.88. The number of benzene rings is 2. The van der Waals surface area contributed by atoms with Crippen LogP contribution < -0.4 is 35.1 Å². The zero-order valence-corrected chi connectivity index (χ0v) is 19.7. The number of aromatic amines is 1. The molecule has 0 radical (unpaired) electrons. The fourth-order valence-corrected chi connectivity index (χ4v) is 3.70. The Morgan fingerprint density at radius 1 is 0.886 bits per heavy atom. The third kappa shape index (κ3) is 3.94. The molecule has 0 saturated heterocycles. The van der Waals surface area contributed by atoms with Gasteiger partial charge in [-0.3, -0.25) is 4.79 Å². The number of imidazole rings is 1. The van der Waals surface area contributed by atoms with Crippen molar-refractivity contribution in [3.05, 3.63) is 46.5 Å². The van der Waals surface area contributed by atoms with E-state index in [1.54, 1.807) is 30.3 Å². The van der Waals surface area contributed by atoms with E-state index in [1.807, 2.05) is 0 Å². The van der Waals surface area contributed by atoms with E-state index in [0.29, 0.717) is 40.0 Å². The molecule has 0 aliphatic rings. The molecule has 3 N–H and O–H groups in total. The van der Waals surface area contributed by atoms with Crippen molar-refractivity contribution in [3.8, 4) is 45.8 Å². The molecule has 0 unspecified atom stereocenters. The van der Waals surface area contributed by atoms with Crippen LogP contribution in [0, 0.1) is 0 Å². The van der Waals surface area contributed by atoms with Crippen molar-refractivity contribution in [1.29, 1.82) is 0 Å². The lowest BCUT2D eigenvalue weighted by atomic mass is 10.1. The second-order valence-electron chi connectivity index (χ2n) is 7.18. The summed E-state index contributed by atoms with van der Waals surface area (Å²) in [5, 5.41) is 0. The summed E-state index contributed by atoms with van der Waals surface area (Å²) in [7, 11) is 7.40. The number of nitrogens with zero attached hydrogens (tertiary/aromatic N) is 3. The van der Waals surface area contributed by atoms with Crippen LogP contribution in [0.25, 0.3) is 28.2 Å². The van der Waals surface area contributed by atoms with E-state index in [4.69, 9.17) is 29.4 Å². The number of carbonyl (C=O) groups is 1. The van der Waals surface area contributed by atoms with Gasteiger partial charge in [0, 0.05) is 11.6 Å². The number of carbonyl (C=O) groups excluding carboxylic acids is 1. The summed E-state index contributed by atoms with van der Waals surface area (Å²) in [6.07, 6.45) is 0. The highest BCUT2D eigenvalue weighted by molar-refractivity contribution is 6.02. The highest BCUT2D eigenvalue weighted by Crippen LogP contribution is 2.41. The van der Waals surface area contributed by atoms with Crippen LogP contribution in [0.3, 0.4) is 0 Å². The predicted octanol–water partition coefficient (Wildman–Crippen LogP) is 1.92. The summed E-state index contributed by atoms with van der Waals surface area (Å²) >= 11 is 0. The average Bonchev–Trinajstić information content (AvgIpc) is 3.21. The van der Waals surface area contributed by atoms with Gasteiger partial charge in [0.25, 0.3) is 5.91 Å². The Kier molecular flexibility index (Phi) is 6.19. The van der Waals surface area contributed by atoms with Crippen molar-refractivity contribution in [3.63, 3.8) is 0 Å². The molecular weight excluding hydrogens is 458 g/mol. The largest absolute Gasteiger partial charge is 0.497 e. The van der Waals surface area contributed by atoms with E-state index in [-0.39, 0.29) is 22.7 Å². The number of hydrogen-bond donors (Lipinski definition) is 2. The first kappa shape index (κ1) is 23.4. The fourth-order valence-electron chi connectivity index (χ4n) is 3.70. The zero-order chi connectivity index (χ0) is 25.3. The molecule has 182 valence electrons. The molecule has 2 heterocycles. The Hall–Kier alpha value is -4.74. The number of nitrogens with one attached hydrogen (secondary N) is 1. The molecule has 12 nitrogen and oxygen atoms in total. The molecule has 4 aromatic rings. The van der Waals surface area contributed by atoms with E-state index in [9.17, 15) is 9.59 Å². The molecule has 4 rings (SSSR count). The first-order chi connectivity index (χ1) is 16.9. The predicted molar refractivity (Wildman–Crippen MR) is 126 cm³/mol. The maximum Gasteiger partial charge on any atom is 0.332 e. The number of ether oxygens (including phenoxy) is 5. The SMILES string of the molecule is COc1ccc(-n2c(=O)[nH]c3c(C(N)=O)nc(-c4cc(OC)c(OC)c(OC)c4)nc32)c(OC)c1. The summed E-state index contributed by atoms with van der Waals surface area (Å²) in [6, 6.07) is 8.17. The number of aromatic nitrogens is 4. The third-order valence-corrected chi connectivity index (χ3v) is 5.32. The van der Waals surface area contributed by atoms with E-state index >= 15 is 0 Å². The standard InChI is InChI=1S/C23H23N5O7/c1-31-12-6-7-13(14(10-12)32-2)28-22-18(26-23(28)30)17(20(24)29)25-21(27-22)11-8-15(33-3)19(35-5)16(9-11)34-4/h6-10H,1-5H3,(H2,24,29)(H,26,30). The van der Waals surface area contributed by atoms with Crippen molar-refractivity contribution < 1.29 is 28.5 Å². The molecule has 2 aromatic carbocycles. The molecule has 0 fully saturated rings. The van der Waals surface area contributed by atoms with Crippen molar-refractivity contribution in [2.24, 2.45) is 5.73 Å². The summed E-state index contributed by atoms with van der Waals surface area (Å²) in [5.74, 6) is 1.22. The van der Waals surface area contributed by atoms with Gasteiger partial charge < -0.3 is 34.4 Å².